The third-order valence-corrected chi connectivity index (χ3v) is 0. The Morgan fingerprint density at radius 1 is 1.00 bits per heavy atom. The van der Waals surface area contributed by atoms with Gasteiger partial charge in [-0.15, -0.1) is 53.7 Å². The Hall–Kier alpha value is 1.99. The summed E-state index contributed by atoms with van der Waals surface area (Å²) in [6.07, 6.45) is 0. The summed E-state index contributed by atoms with van der Waals surface area (Å²) in [6, 6.07) is 0. The maximum Gasteiger partial charge on any atom is 0.112 e. The van der Waals surface area contributed by atoms with E-state index in [1.807, 2.05) is 5.79 Å². The molecule has 0 nitrogen and oxygen atoms in total. The average Bonchev–Trinajstić information content (AvgIpc) is 1.00. The Kier molecular flexibility index (Phi) is 83.6. The van der Waals surface area contributed by atoms with E-state index in [2.05, 4.69) is 16.3 Å². The molecule has 0 saturated carbocycles. The molecule has 0 aliphatic rings. The van der Waals surface area contributed by atoms with Crippen LogP contribution in [0.1, 0.15) is 0 Å². The van der Waals surface area contributed by atoms with Crippen molar-refractivity contribution < 1.29 is 0 Å². The van der Waals surface area contributed by atoms with Crippen molar-refractivity contribution in [2.45, 2.75) is 5.79 Å². The molecule has 26 valence electrons. The van der Waals surface area contributed by atoms with Crippen molar-refractivity contribution in [1.82, 2.24) is 0 Å². The summed E-state index contributed by atoms with van der Waals surface area (Å²) in [5.41, 5.74) is 0. The minimum atomic E-state index is 0. The van der Waals surface area contributed by atoms with Crippen LogP contribution in [-0.2, 0) is 0 Å². The third-order valence-electron chi connectivity index (χ3n) is 0. The van der Waals surface area contributed by atoms with E-state index >= 15 is 0 Å². The molecule has 0 N–H and O–H groups in total. The molecule has 0 aromatic rings. The van der Waals surface area contributed by atoms with Crippen LogP contribution in [0.15, 0.2) is 0 Å². The van der Waals surface area contributed by atoms with Crippen LogP contribution in [0.4, 0.5) is 0 Å². The molecule has 3 heteroatoms. The zero-order valence-corrected chi connectivity index (χ0v) is 8.21. The Labute approximate surface area is 69.2 Å². The first-order valence-electron chi connectivity index (χ1n) is 0.577. The second-order valence-electron chi connectivity index (χ2n) is 0. The fourth-order valence-electron chi connectivity index (χ4n) is 0. The van der Waals surface area contributed by atoms with Crippen LogP contribution in [0, 0.1) is 0 Å². The third kappa shape index (κ3) is 9.01. The number of rotatable bonds is 0. The summed E-state index contributed by atoms with van der Waals surface area (Å²) in [7, 11) is 0. The van der Waals surface area contributed by atoms with Gasteiger partial charge in [0.25, 0.3) is 0 Å². The quantitative estimate of drug-likeness (QED) is 0.469. The monoisotopic (exact) mass is 298 g/mol. The molecular weight excluding hydrogens is 293 g/mol. The molecule has 0 aliphatic heterocycles. The Bertz CT molecular complexity index is 6.00. The van der Waals surface area contributed by atoms with Gasteiger partial charge in [-0.2, -0.15) is 0 Å². The summed E-state index contributed by atoms with van der Waals surface area (Å²) < 4.78 is 0. The van der Waals surface area contributed by atoms with Crippen LogP contribution < -0.4 is 0 Å². The smallest absolute Gasteiger partial charge is 0.112 e. The average molecular weight is 298 g/mol. The number of hydrogen-bond acceptors (Lipinski definition) is 0. The second kappa shape index (κ2) is 20.0. The van der Waals surface area contributed by atoms with E-state index in [0.29, 0.717) is 0 Å². The van der Waals surface area contributed by atoms with Crippen molar-refractivity contribution in [2.24, 2.45) is 0 Å². The van der Waals surface area contributed by atoms with Crippen LogP contribution in [0.3, 0.4) is 0 Å². The Morgan fingerprint density at radius 2 is 1.00 bits per heavy atom. The summed E-state index contributed by atoms with van der Waals surface area (Å²) in [5, 5.41) is 0. The first-order valence-corrected chi connectivity index (χ1v) is 1.73. The second-order valence-corrected chi connectivity index (χ2v) is 0. The summed E-state index contributed by atoms with van der Waals surface area (Å²) in [5.74, 6) is 1.92. The Morgan fingerprint density at radius 3 is 1.00 bits per heavy atom. The standard InChI is InChI=1S/CH3.Al.2HI/h1H3;;2*1H. The van der Waals surface area contributed by atoms with Gasteiger partial charge in [-0.3, -0.25) is 0 Å². The van der Waals surface area contributed by atoms with Crippen molar-refractivity contribution >= 4 is 64.2 Å². The van der Waals surface area contributed by atoms with E-state index < -0.39 is 0 Å². The van der Waals surface area contributed by atoms with E-state index in [1.165, 1.54) is 0 Å². The number of halogens is 2. The first-order chi connectivity index (χ1) is 1.00. The minimum Gasteiger partial charge on any atom is -0.128 e. The van der Waals surface area contributed by atoms with Crippen LogP contribution in [-0.4, -0.2) is 16.3 Å². The molecule has 0 bridgehead atoms. The highest BCUT2D eigenvalue weighted by Crippen LogP contribution is 0.960. The molecule has 2 radical (unpaired) electrons. The molecule has 0 amide bonds. The lowest BCUT2D eigenvalue weighted by Crippen LogP contribution is -1.13. The molecule has 0 spiro atoms. The molecule has 0 fully saturated rings. The van der Waals surface area contributed by atoms with Crippen LogP contribution in [0.2, 0.25) is 5.79 Å². The molecule has 0 heterocycles. The topological polar surface area (TPSA) is 0 Å². The van der Waals surface area contributed by atoms with Gasteiger partial charge in [0, 0.05) is 0 Å². The highest BCUT2D eigenvalue weighted by molar-refractivity contribution is 14.0. The van der Waals surface area contributed by atoms with Crippen molar-refractivity contribution in [3.63, 3.8) is 0 Å². The van der Waals surface area contributed by atoms with Gasteiger partial charge >= 0.3 is 0 Å². The normalized spacial score (nSPS) is 1.25. The fraction of sp³-hybridized carbons (Fsp3) is 1.00. The lowest BCUT2D eigenvalue weighted by molar-refractivity contribution is 2.40. The Balaban J connectivity index is -0.00000000500. The fourth-order valence-corrected chi connectivity index (χ4v) is 0. The van der Waals surface area contributed by atoms with E-state index in [4.69, 9.17) is 0 Å². The molecule has 0 aromatic carbocycles. The molecular formula is CH5AlI2. The van der Waals surface area contributed by atoms with E-state index in [-0.39, 0.29) is 48.0 Å². The van der Waals surface area contributed by atoms with E-state index in [9.17, 15) is 0 Å². The zero-order valence-electron chi connectivity index (χ0n) is 2.39. The van der Waals surface area contributed by atoms with Gasteiger partial charge in [0.2, 0.25) is 0 Å². The van der Waals surface area contributed by atoms with Gasteiger partial charge in [0.15, 0.2) is 0 Å². The molecule has 0 atom stereocenters. The van der Waals surface area contributed by atoms with Gasteiger partial charge in [-0.05, 0) is 0 Å². The van der Waals surface area contributed by atoms with Gasteiger partial charge in [-0.25, -0.2) is 0 Å². The van der Waals surface area contributed by atoms with Gasteiger partial charge < -0.3 is 0 Å². The predicted molar refractivity (Wildman–Crippen MR) is 42.4 cm³/mol. The summed E-state index contributed by atoms with van der Waals surface area (Å²) in [4.78, 5) is 0. The van der Waals surface area contributed by atoms with Crippen molar-refractivity contribution in [3.05, 3.63) is 0 Å². The lowest BCUT2D eigenvalue weighted by Gasteiger charge is -1.02. The molecule has 0 rings (SSSR count). The predicted octanol–water partition coefficient (Wildman–Crippen LogP) is 1.44. The van der Waals surface area contributed by atoms with Crippen molar-refractivity contribution in [2.75, 3.05) is 0 Å². The largest absolute Gasteiger partial charge is 0.128 e. The summed E-state index contributed by atoms with van der Waals surface area (Å²) in [6.45, 7) is 0. The van der Waals surface area contributed by atoms with Crippen molar-refractivity contribution in [1.29, 1.82) is 0 Å². The van der Waals surface area contributed by atoms with Crippen LogP contribution in [0.5, 0.6) is 0 Å². The van der Waals surface area contributed by atoms with Crippen LogP contribution in [0.25, 0.3) is 0 Å². The van der Waals surface area contributed by atoms with Crippen LogP contribution >= 0.6 is 48.0 Å². The minimum absolute atomic E-state index is 0. The SMILES string of the molecule is I.I.[CH3][Al]. The van der Waals surface area contributed by atoms with Gasteiger partial charge in [-0.1, -0.05) is 0 Å². The number of hydrogen-bond donors (Lipinski definition) is 0. The lowest BCUT2D eigenvalue weighted by atomic mass is 11.9. The van der Waals surface area contributed by atoms with Gasteiger partial charge in [0.05, 0.1) is 0 Å². The van der Waals surface area contributed by atoms with E-state index in [0.717, 1.165) is 0 Å². The zero-order chi connectivity index (χ0) is 2.00. The summed E-state index contributed by atoms with van der Waals surface area (Å²) >= 11 is 2.42. The first kappa shape index (κ1) is 16.7. The highest BCUT2D eigenvalue weighted by atomic mass is 127. The molecule has 0 aromatic heterocycles. The molecule has 4 heavy (non-hydrogen) atoms. The maximum atomic E-state index is 2.42. The van der Waals surface area contributed by atoms with Gasteiger partial charge in [0.1, 0.15) is 16.3 Å². The maximum absolute atomic E-state index is 2.42. The molecule has 0 saturated heterocycles. The van der Waals surface area contributed by atoms with E-state index in [1.54, 1.807) is 0 Å². The molecule has 0 aliphatic carbocycles. The molecule has 0 unspecified atom stereocenters. The van der Waals surface area contributed by atoms with Crippen molar-refractivity contribution in [3.8, 4) is 0 Å². The highest BCUT2D eigenvalue weighted by Gasteiger charge is 0.999.